The van der Waals surface area contributed by atoms with E-state index < -0.39 is 0 Å². The monoisotopic (exact) mass is 409 g/mol. The van der Waals surface area contributed by atoms with Crippen molar-refractivity contribution in [3.05, 3.63) is 46.1 Å². The highest BCUT2D eigenvalue weighted by Crippen LogP contribution is 2.40. The molecule has 144 valence electrons. The summed E-state index contributed by atoms with van der Waals surface area (Å²) in [5.74, 6) is 1.39. The van der Waals surface area contributed by atoms with Gasteiger partial charge >= 0.3 is 0 Å². The Morgan fingerprint density at radius 3 is 2.93 bits per heavy atom. The van der Waals surface area contributed by atoms with Crippen molar-refractivity contribution in [1.82, 2.24) is 9.97 Å². The molecule has 0 N–H and O–H groups in total. The van der Waals surface area contributed by atoms with Gasteiger partial charge in [-0.2, -0.15) is 0 Å². The van der Waals surface area contributed by atoms with Gasteiger partial charge in [-0.05, 0) is 62.6 Å². The molecular formula is C22H23N3OS2. The van der Waals surface area contributed by atoms with Crippen LogP contribution in [0.15, 0.2) is 29.3 Å². The number of carbonyl (C=O) groups excluding carboxylic acids is 1. The van der Waals surface area contributed by atoms with E-state index in [0.717, 1.165) is 53.6 Å². The Balaban J connectivity index is 1.42. The first-order valence-corrected chi connectivity index (χ1v) is 11.8. The second-order valence-electron chi connectivity index (χ2n) is 7.53. The molecule has 4 nitrogen and oxygen atoms in total. The van der Waals surface area contributed by atoms with E-state index in [1.165, 1.54) is 34.2 Å². The summed E-state index contributed by atoms with van der Waals surface area (Å²) in [4.78, 5) is 27.0. The molecule has 0 bridgehead atoms. The van der Waals surface area contributed by atoms with Crippen LogP contribution >= 0.6 is 23.1 Å². The van der Waals surface area contributed by atoms with E-state index in [4.69, 9.17) is 4.98 Å². The first kappa shape index (κ1) is 18.1. The van der Waals surface area contributed by atoms with Crippen LogP contribution in [0.3, 0.4) is 0 Å². The van der Waals surface area contributed by atoms with Crippen molar-refractivity contribution >= 4 is 44.9 Å². The Morgan fingerprint density at radius 2 is 2.00 bits per heavy atom. The number of hydrogen-bond donors (Lipinski definition) is 0. The van der Waals surface area contributed by atoms with Crippen molar-refractivity contribution in [3.8, 4) is 0 Å². The average Bonchev–Trinajstić information content (AvgIpc) is 3.09. The molecule has 0 radical (unpaired) electrons. The molecule has 3 heterocycles. The molecule has 2 aliphatic rings. The van der Waals surface area contributed by atoms with E-state index in [0.29, 0.717) is 5.75 Å². The standard InChI is InChI=1S/C22H23N3OS2/c1-14-23-21(20-16-9-3-5-11-18(16)28-22(20)24-14)27-13-19(26)25-12-6-8-15-7-2-4-10-17(15)25/h2,4,7,10H,3,5-6,8-9,11-13H2,1H3. The number of para-hydroxylation sites is 1. The van der Waals surface area contributed by atoms with Gasteiger partial charge in [-0.3, -0.25) is 4.79 Å². The first-order chi connectivity index (χ1) is 13.7. The minimum absolute atomic E-state index is 0.172. The van der Waals surface area contributed by atoms with Crippen LogP contribution in [0, 0.1) is 6.92 Å². The van der Waals surface area contributed by atoms with Gasteiger partial charge in [-0.25, -0.2) is 9.97 Å². The van der Waals surface area contributed by atoms with E-state index in [2.05, 4.69) is 23.2 Å². The molecule has 28 heavy (non-hydrogen) atoms. The summed E-state index contributed by atoms with van der Waals surface area (Å²) in [6, 6.07) is 8.28. The molecule has 1 aromatic carbocycles. The lowest BCUT2D eigenvalue weighted by atomic mass is 9.97. The Morgan fingerprint density at radius 1 is 1.14 bits per heavy atom. The normalized spacial score (nSPS) is 16.1. The van der Waals surface area contributed by atoms with Gasteiger partial charge in [0.2, 0.25) is 5.91 Å². The van der Waals surface area contributed by atoms with Gasteiger partial charge in [0.15, 0.2) is 0 Å². The predicted octanol–water partition coefficient (Wildman–Crippen LogP) is 4.95. The average molecular weight is 410 g/mol. The fourth-order valence-electron chi connectivity index (χ4n) is 4.33. The third-order valence-electron chi connectivity index (χ3n) is 5.64. The highest BCUT2D eigenvalue weighted by atomic mass is 32.2. The maximum atomic E-state index is 13.0. The van der Waals surface area contributed by atoms with Crippen molar-refractivity contribution in [3.63, 3.8) is 0 Å². The number of fused-ring (bicyclic) bond motifs is 4. The summed E-state index contributed by atoms with van der Waals surface area (Å²) in [5.41, 5.74) is 3.79. The molecule has 0 atom stereocenters. The van der Waals surface area contributed by atoms with Crippen LogP contribution in [0.25, 0.3) is 10.2 Å². The molecule has 1 aliphatic carbocycles. The largest absolute Gasteiger partial charge is 0.311 e. The van der Waals surface area contributed by atoms with Crippen molar-refractivity contribution < 1.29 is 4.79 Å². The van der Waals surface area contributed by atoms with Gasteiger partial charge in [-0.1, -0.05) is 30.0 Å². The number of anilines is 1. The molecule has 3 aromatic rings. The second kappa shape index (κ2) is 7.48. The maximum absolute atomic E-state index is 13.0. The summed E-state index contributed by atoms with van der Waals surface area (Å²) in [6.45, 7) is 2.76. The van der Waals surface area contributed by atoms with Crippen LogP contribution < -0.4 is 4.90 Å². The zero-order valence-electron chi connectivity index (χ0n) is 16.0. The van der Waals surface area contributed by atoms with Crippen LogP contribution in [-0.4, -0.2) is 28.2 Å². The molecule has 0 saturated heterocycles. The van der Waals surface area contributed by atoms with Crippen molar-refractivity contribution in [2.24, 2.45) is 0 Å². The quantitative estimate of drug-likeness (QED) is 0.454. The fourth-order valence-corrected chi connectivity index (χ4v) is 6.68. The zero-order valence-corrected chi connectivity index (χ0v) is 17.7. The summed E-state index contributed by atoms with van der Waals surface area (Å²) < 4.78 is 0. The predicted molar refractivity (Wildman–Crippen MR) is 117 cm³/mol. The number of aryl methyl sites for hydroxylation is 4. The number of thiophene rings is 1. The summed E-state index contributed by atoms with van der Waals surface area (Å²) in [5, 5.41) is 2.20. The Bertz CT molecular complexity index is 1060. The number of amides is 1. The number of nitrogens with zero attached hydrogens (tertiary/aromatic N) is 3. The molecule has 6 heteroatoms. The molecule has 0 saturated carbocycles. The number of carbonyl (C=O) groups is 1. The highest BCUT2D eigenvalue weighted by Gasteiger charge is 2.24. The topological polar surface area (TPSA) is 46.1 Å². The smallest absolute Gasteiger partial charge is 0.237 e. The second-order valence-corrected chi connectivity index (χ2v) is 9.58. The number of aromatic nitrogens is 2. The van der Waals surface area contributed by atoms with Crippen molar-refractivity contribution in [2.75, 3.05) is 17.2 Å². The van der Waals surface area contributed by atoms with Gasteiger partial charge in [0.1, 0.15) is 15.7 Å². The van der Waals surface area contributed by atoms with Crippen LogP contribution in [-0.2, 0) is 24.1 Å². The maximum Gasteiger partial charge on any atom is 0.237 e. The van der Waals surface area contributed by atoms with Gasteiger partial charge in [0, 0.05) is 22.5 Å². The first-order valence-electron chi connectivity index (χ1n) is 10.0. The van der Waals surface area contributed by atoms with Gasteiger partial charge in [0.25, 0.3) is 0 Å². The lowest BCUT2D eigenvalue weighted by Crippen LogP contribution is -2.36. The molecule has 5 rings (SSSR count). The number of hydrogen-bond acceptors (Lipinski definition) is 5. The minimum Gasteiger partial charge on any atom is -0.311 e. The van der Waals surface area contributed by atoms with Crippen LogP contribution in [0.1, 0.15) is 41.1 Å². The number of thioether (sulfide) groups is 1. The SMILES string of the molecule is Cc1nc(SCC(=O)N2CCCc3ccccc32)c2c3c(sc2n1)CCCC3. The third kappa shape index (κ3) is 3.22. The Labute approximate surface area is 173 Å². The lowest BCUT2D eigenvalue weighted by molar-refractivity contribution is -0.116. The van der Waals surface area contributed by atoms with Crippen molar-refractivity contribution in [1.29, 1.82) is 0 Å². The minimum atomic E-state index is 0.172. The van der Waals surface area contributed by atoms with Crippen LogP contribution in [0.2, 0.25) is 0 Å². The Hall–Kier alpha value is -1.92. The summed E-state index contributed by atoms with van der Waals surface area (Å²) in [7, 11) is 0. The number of rotatable bonds is 3. The van der Waals surface area contributed by atoms with Crippen LogP contribution in [0.5, 0.6) is 0 Å². The summed E-state index contributed by atoms with van der Waals surface area (Å²) in [6.07, 6.45) is 6.86. The van der Waals surface area contributed by atoms with E-state index in [1.807, 2.05) is 29.2 Å². The molecule has 0 spiro atoms. The lowest BCUT2D eigenvalue weighted by Gasteiger charge is -2.29. The molecule has 2 aromatic heterocycles. The summed E-state index contributed by atoms with van der Waals surface area (Å²) >= 11 is 3.40. The van der Waals surface area contributed by atoms with E-state index in [1.54, 1.807) is 11.8 Å². The molecule has 1 aliphatic heterocycles. The fraction of sp³-hybridized carbons (Fsp3) is 0.409. The highest BCUT2D eigenvalue weighted by molar-refractivity contribution is 8.00. The van der Waals surface area contributed by atoms with E-state index in [-0.39, 0.29) is 5.91 Å². The molecular weight excluding hydrogens is 386 g/mol. The third-order valence-corrected chi connectivity index (χ3v) is 7.78. The van der Waals surface area contributed by atoms with Crippen molar-refractivity contribution in [2.45, 2.75) is 50.5 Å². The number of benzene rings is 1. The van der Waals surface area contributed by atoms with Gasteiger partial charge in [-0.15, -0.1) is 11.3 Å². The van der Waals surface area contributed by atoms with E-state index in [9.17, 15) is 4.79 Å². The molecule has 0 fully saturated rings. The molecule has 1 amide bonds. The Kier molecular flexibility index (Phi) is 4.85. The zero-order chi connectivity index (χ0) is 19.1. The van der Waals surface area contributed by atoms with Crippen LogP contribution in [0.4, 0.5) is 5.69 Å². The van der Waals surface area contributed by atoms with Gasteiger partial charge in [0.05, 0.1) is 5.75 Å². The molecule has 0 unspecified atom stereocenters. The van der Waals surface area contributed by atoms with E-state index >= 15 is 0 Å². The van der Waals surface area contributed by atoms with Gasteiger partial charge < -0.3 is 4.90 Å².